The SMILES string of the molecule is NC(=O)c1ccc(CNC(=O)c2cncc(N3CCOCC3)c2)cc1. The Hall–Kier alpha value is -2.93. The molecule has 2 amide bonds. The van der Waals surface area contributed by atoms with Crippen molar-refractivity contribution in [3.8, 4) is 0 Å². The minimum absolute atomic E-state index is 0.193. The number of hydrogen-bond donors (Lipinski definition) is 2. The van der Waals surface area contributed by atoms with E-state index in [1.165, 1.54) is 0 Å². The summed E-state index contributed by atoms with van der Waals surface area (Å²) in [5.74, 6) is -0.664. The van der Waals surface area contributed by atoms with E-state index in [0.717, 1.165) is 24.3 Å². The molecule has 0 spiro atoms. The van der Waals surface area contributed by atoms with Gasteiger partial charge < -0.3 is 20.7 Å². The molecule has 0 aliphatic carbocycles. The topological polar surface area (TPSA) is 97.5 Å². The molecule has 1 aliphatic rings. The number of anilines is 1. The summed E-state index contributed by atoms with van der Waals surface area (Å²) >= 11 is 0. The molecule has 3 N–H and O–H groups in total. The molecule has 130 valence electrons. The lowest BCUT2D eigenvalue weighted by atomic mass is 10.1. The van der Waals surface area contributed by atoms with E-state index in [1.54, 1.807) is 36.7 Å². The van der Waals surface area contributed by atoms with Gasteiger partial charge in [-0.3, -0.25) is 14.6 Å². The van der Waals surface area contributed by atoms with Gasteiger partial charge in [0, 0.05) is 31.4 Å². The first kappa shape index (κ1) is 16.9. The zero-order valence-electron chi connectivity index (χ0n) is 13.8. The fourth-order valence-corrected chi connectivity index (χ4v) is 2.62. The van der Waals surface area contributed by atoms with Crippen molar-refractivity contribution in [1.29, 1.82) is 0 Å². The second kappa shape index (κ2) is 7.76. The van der Waals surface area contributed by atoms with Gasteiger partial charge in [-0.1, -0.05) is 12.1 Å². The van der Waals surface area contributed by atoms with Crippen LogP contribution in [0.25, 0.3) is 0 Å². The average Bonchev–Trinajstić information content (AvgIpc) is 2.67. The van der Waals surface area contributed by atoms with E-state index in [9.17, 15) is 9.59 Å². The molecule has 2 heterocycles. The zero-order valence-corrected chi connectivity index (χ0v) is 13.8. The Balaban J connectivity index is 1.62. The monoisotopic (exact) mass is 340 g/mol. The normalized spacial score (nSPS) is 14.2. The van der Waals surface area contributed by atoms with Crippen molar-refractivity contribution >= 4 is 17.5 Å². The second-order valence-electron chi connectivity index (χ2n) is 5.78. The fourth-order valence-electron chi connectivity index (χ4n) is 2.62. The molecule has 3 rings (SSSR count). The lowest BCUT2D eigenvalue weighted by molar-refractivity contribution is 0.0949. The third kappa shape index (κ3) is 4.33. The van der Waals surface area contributed by atoms with Crippen molar-refractivity contribution in [2.24, 2.45) is 5.73 Å². The van der Waals surface area contributed by atoms with Crippen LogP contribution in [0, 0.1) is 0 Å². The number of nitrogens with one attached hydrogen (secondary N) is 1. The van der Waals surface area contributed by atoms with Crippen molar-refractivity contribution in [2.75, 3.05) is 31.2 Å². The van der Waals surface area contributed by atoms with Crippen LogP contribution in [-0.4, -0.2) is 43.1 Å². The third-order valence-corrected chi connectivity index (χ3v) is 4.05. The molecule has 1 saturated heterocycles. The number of primary amides is 1. The lowest BCUT2D eigenvalue weighted by Crippen LogP contribution is -2.36. The molecule has 0 radical (unpaired) electrons. The smallest absolute Gasteiger partial charge is 0.253 e. The number of ether oxygens (including phenoxy) is 1. The van der Waals surface area contributed by atoms with Gasteiger partial charge in [-0.05, 0) is 23.8 Å². The highest BCUT2D eigenvalue weighted by atomic mass is 16.5. The maximum atomic E-state index is 12.4. The van der Waals surface area contributed by atoms with E-state index in [4.69, 9.17) is 10.5 Å². The molecule has 1 aromatic heterocycles. The number of pyridine rings is 1. The van der Waals surface area contributed by atoms with Gasteiger partial charge in [-0.15, -0.1) is 0 Å². The fraction of sp³-hybridized carbons (Fsp3) is 0.278. The maximum Gasteiger partial charge on any atom is 0.253 e. The molecule has 0 unspecified atom stereocenters. The molecule has 0 bridgehead atoms. The first-order chi connectivity index (χ1) is 12.1. The van der Waals surface area contributed by atoms with Gasteiger partial charge in [0.15, 0.2) is 0 Å². The summed E-state index contributed by atoms with van der Waals surface area (Å²) in [6.07, 6.45) is 3.31. The Bertz CT molecular complexity index is 755. The highest BCUT2D eigenvalue weighted by Gasteiger charge is 2.14. The Morgan fingerprint density at radius 3 is 2.52 bits per heavy atom. The predicted octanol–water partition coefficient (Wildman–Crippen LogP) is 0.947. The maximum absolute atomic E-state index is 12.4. The quantitative estimate of drug-likeness (QED) is 0.844. The largest absolute Gasteiger partial charge is 0.378 e. The summed E-state index contributed by atoms with van der Waals surface area (Å²) < 4.78 is 5.34. The lowest BCUT2D eigenvalue weighted by Gasteiger charge is -2.28. The summed E-state index contributed by atoms with van der Waals surface area (Å²) in [5, 5.41) is 2.86. The Kier molecular flexibility index (Phi) is 5.25. The van der Waals surface area contributed by atoms with Crippen LogP contribution in [0.3, 0.4) is 0 Å². The van der Waals surface area contributed by atoms with E-state index in [1.807, 2.05) is 6.07 Å². The van der Waals surface area contributed by atoms with Crippen LogP contribution in [0.15, 0.2) is 42.7 Å². The summed E-state index contributed by atoms with van der Waals surface area (Å²) in [4.78, 5) is 29.7. The molecule has 1 aromatic carbocycles. The van der Waals surface area contributed by atoms with Gasteiger partial charge in [0.25, 0.3) is 5.91 Å². The number of amides is 2. The molecular weight excluding hydrogens is 320 g/mol. The number of hydrogen-bond acceptors (Lipinski definition) is 5. The van der Waals surface area contributed by atoms with E-state index >= 15 is 0 Å². The van der Waals surface area contributed by atoms with Crippen molar-refractivity contribution < 1.29 is 14.3 Å². The van der Waals surface area contributed by atoms with Gasteiger partial charge in [0.1, 0.15) is 0 Å². The zero-order chi connectivity index (χ0) is 17.6. The number of carbonyl (C=O) groups excluding carboxylic acids is 2. The van der Waals surface area contributed by atoms with Crippen LogP contribution < -0.4 is 16.0 Å². The van der Waals surface area contributed by atoms with Gasteiger partial charge >= 0.3 is 0 Å². The highest BCUT2D eigenvalue weighted by Crippen LogP contribution is 2.16. The summed E-state index contributed by atoms with van der Waals surface area (Å²) in [6, 6.07) is 8.66. The summed E-state index contributed by atoms with van der Waals surface area (Å²) in [6.45, 7) is 3.30. The molecule has 25 heavy (non-hydrogen) atoms. The van der Waals surface area contributed by atoms with E-state index in [0.29, 0.717) is 30.9 Å². The van der Waals surface area contributed by atoms with Crippen molar-refractivity contribution in [1.82, 2.24) is 10.3 Å². The number of aromatic nitrogens is 1. The van der Waals surface area contributed by atoms with Gasteiger partial charge in [-0.25, -0.2) is 0 Å². The number of nitrogens with zero attached hydrogens (tertiary/aromatic N) is 2. The minimum atomic E-state index is -0.471. The Morgan fingerprint density at radius 1 is 1.12 bits per heavy atom. The number of nitrogens with two attached hydrogens (primary N) is 1. The molecule has 7 nitrogen and oxygen atoms in total. The van der Waals surface area contributed by atoms with Crippen LogP contribution in [0.5, 0.6) is 0 Å². The van der Waals surface area contributed by atoms with Crippen LogP contribution in [0.2, 0.25) is 0 Å². The molecule has 2 aromatic rings. The standard InChI is InChI=1S/C18H20N4O3/c19-17(23)14-3-1-13(2-4-14)10-21-18(24)15-9-16(12-20-11-15)22-5-7-25-8-6-22/h1-4,9,11-12H,5-8,10H2,(H2,19,23)(H,21,24). The molecule has 7 heteroatoms. The van der Waals surface area contributed by atoms with E-state index < -0.39 is 5.91 Å². The number of benzene rings is 1. The first-order valence-electron chi connectivity index (χ1n) is 8.08. The van der Waals surface area contributed by atoms with Crippen LogP contribution in [0.1, 0.15) is 26.3 Å². The molecule has 1 fully saturated rings. The second-order valence-corrected chi connectivity index (χ2v) is 5.78. The van der Waals surface area contributed by atoms with Crippen LogP contribution in [-0.2, 0) is 11.3 Å². The molecule has 0 saturated carbocycles. The van der Waals surface area contributed by atoms with Crippen LogP contribution in [0.4, 0.5) is 5.69 Å². The number of rotatable bonds is 5. The Morgan fingerprint density at radius 2 is 1.84 bits per heavy atom. The summed E-state index contributed by atoms with van der Waals surface area (Å²) in [5.41, 5.74) is 7.97. The third-order valence-electron chi connectivity index (χ3n) is 4.05. The van der Waals surface area contributed by atoms with Gasteiger partial charge in [0.05, 0.1) is 30.7 Å². The predicted molar refractivity (Wildman–Crippen MR) is 93.4 cm³/mol. The minimum Gasteiger partial charge on any atom is -0.378 e. The Labute approximate surface area is 145 Å². The molecule has 1 aliphatic heterocycles. The molecule has 0 atom stereocenters. The van der Waals surface area contributed by atoms with Gasteiger partial charge in [-0.2, -0.15) is 0 Å². The number of carbonyl (C=O) groups is 2. The number of morpholine rings is 1. The van der Waals surface area contributed by atoms with E-state index in [-0.39, 0.29) is 5.91 Å². The first-order valence-corrected chi connectivity index (χ1v) is 8.08. The summed E-state index contributed by atoms with van der Waals surface area (Å²) in [7, 11) is 0. The average molecular weight is 340 g/mol. The van der Waals surface area contributed by atoms with Gasteiger partial charge in [0.2, 0.25) is 5.91 Å². The molecular formula is C18H20N4O3. The highest BCUT2D eigenvalue weighted by molar-refractivity contribution is 5.95. The van der Waals surface area contributed by atoms with E-state index in [2.05, 4.69) is 15.2 Å². The van der Waals surface area contributed by atoms with Crippen molar-refractivity contribution in [3.05, 3.63) is 59.4 Å². The van der Waals surface area contributed by atoms with Crippen molar-refractivity contribution in [3.63, 3.8) is 0 Å². The van der Waals surface area contributed by atoms with Crippen molar-refractivity contribution in [2.45, 2.75) is 6.54 Å². The van der Waals surface area contributed by atoms with Crippen LogP contribution >= 0.6 is 0 Å².